The van der Waals surface area contributed by atoms with Gasteiger partial charge in [0.15, 0.2) is 5.69 Å². The highest BCUT2D eigenvalue weighted by Crippen LogP contribution is 2.38. The molecule has 3 aliphatic rings. The number of piperidine rings is 2. The fourth-order valence-electron chi connectivity index (χ4n) is 4.90. The maximum absolute atomic E-state index is 13.7. The van der Waals surface area contributed by atoms with E-state index in [1.165, 1.54) is 4.80 Å². The van der Waals surface area contributed by atoms with Gasteiger partial charge in [0.05, 0.1) is 36.4 Å². The quantitative estimate of drug-likeness (QED) is 0.645. The summed E-state index contributed by atoms with van der Waals surface area (Å²) in [5, 5.41) is 11.6. The van der Waals surface area contributed by atoms with Crippen LogP contribution in [0.2, 0.25) is 0 Å². The molecule has 2 unspecified atom stereocenters. The van der Waals surface area contributed by atoms with Gasteiger partial charge in [-0.25, -0.2) is 9.97 Å². The van der Waals surface area contributed by atoms with E-state index in [1.54, 1.807) is 18.5 Å². The molecule has 8 nitrogen and oxygen atoms in total. The number of hydrogen-bond acceptors (Lipinski definition) is 6. The molecule has 4 heterocycles. The van der Waals surface area contributed by atoms with Crippen LogP contribution in [0.15, 0.2) is 43.0 Å². The van der Waals surface area contributed by atoms with Crippen LogP contribution in [0.5, 0.6) is 0 Å². The van der Waals surface area contributed by atoms with Crippen LogP contribution in [0.1, 0.15) is 40.9 Å². The summed E-state index contributed by atoms with van der Waals surface area (Å²) in [6.07, 6.45) is 3.05. The van der Waals surface area contributed by atoms with Crippen molar-refractivity contribution in [2.45, 2.75) is 44.4 Å². The highest BCUT2D eigenvalue weighted by Gasteiger charge is 2.44. The van der Waals surface area contributed by atoms with Crippen molar-refractivity contribution in [1.82, 2.24) is 29.9 Å². The Morgan fingerprint density at radius 3 is 2.58 bits per heavy atom. The second kappa shape index (κ2) is 8.13. The first kappa shape index (κ1) is 21.4. The number of carbonyl (C=O) groups excluding carboxylic acids is 1. The number of nitrogens with zero attached hydrogens (tertiary/aromatic N) is 6. The molecule has 1 aliphatic carbocycles. The molecule has 1 aromatic carbocycles. The second-order valence-electron chi connectivity index (χ2n) is 8.53. The number of rotatable bonds is 4. The van der Waals surface area contributed by atoms with E-state index in [1.807, 2.05) is 24.0 Å². The van der Waals surface area contributed by atoms with Crippen LogP contribution in [0.4, 0.5) is 19.0 Å². The van der Waals surface area contributed by atoms with Gasteiger partial charge in [-0.05, 0) is 43.7 Å². The van der Waals surface area contributed by atoms with Crippen LogP contribution >= 0.6 is 0 Å². The summed E-state index contributed by atoms with van der Waals surface area (Å²) in [4.78, 5) is 24.4. The molecule has 2 aliphatic heterocycles. The normalized spacial score (nSPS) is 22.4. The van der Waals surface area contributed by atoms with Gasteiger partial charge >= 0.3 is 6.18 Å². The first-order valence-electron chi connectivity index (χ1n) is 10.7. The van der Waals surface area contributed by atoms with Crippen molar-refractivity contribution < 1.29 is 18.0 Å². The Labute approximate surface area is 187 Å². The molecule has 0 radical (unpaired) electrons. The predicted octanol–water partition coefficient (Wildman–Crippen LogP) is 3.49. The van der Waals surface area contributed by atoms with Gasteiger partial charge < -0.3 is 10.2 Å². The van der Waals surface area contributed by atoms with Gasteiger partial charge in [-0.1, -0.05) is 12.1 Å². The average Bonchev–Trinajstić information content (AvgIpc) is 3.33. The fraction of sp³-hybridized carbons (Fsp3) is 0.409. The van der Waals surface area contributed by atoms with Crippen molar-refractivity contribution in [1.29, 1.82) is 0 Å². The SMILES string of the molecule is Cc1cccc(C(=O)N2CC3CC[C@@H]2C(Nc2cnc(C(F)(F)F)cn2)C3)c1-n1nccn1. The Hall–Kier alpha value is -3.50. The van der Waals surface area contributed by atoms with Crippen LogP contribution in [0.25, 0.3) is 5.69 Å². The monoisotopic (exact) mass is 457 g/mol. The molecule has 1 N–H and O–H groups in total. The number of alkyl halides is 3. The summed E-state index contributed by atoms with van der Waals surface area (Å²) < 4.78 is 38.4. The van der Waals surface area contributed by atoms with E-state index < -0.39 is 11.9 Å². The summed E-state index contributed by atoms with van der Waals surface area (Å²) in [7, 11) is 0. The first-order chi connectivity index (χ1) is 15.8. The lowest BCUT2D eigenvalue weighted by Crippen LogP contribution is -2.59. The number of hydrogen-bond donors (Lipinski definition) is 1. The van der Waals surface area contributed by atoms with E-state index in [0.29, 0.717) is 23.7 Å². The molecular formula is C22H22F3N7O. The van der Waals surface area contributed by atoms with Crippen molar-refractivity contribution >= 4 is 11.7 Å². The minimum absolute atomic E-state index is 0.106. The van der Waals surface area contributed by atoms with Gasteiger partial charge in [0, 0.05) is 12.6 Å². The molecule has 0 spiro atoms. The van der Waals surface area contributed by atoms with Crippen LogP contribution < -0.4 is 5.32 Å². The van der Waals surface area contributed by atoms with Crippen LogP contribution in [0.3, 0.4) is 0 Å². The summed E-state index contributed by atoms with van der Waals surface area (Å²) >= 11 is 0. The van der Waals surface area contributed by atoms with Gasteiger partial charge in [0.1, 0.15) is 11.5 Å². The average molecular weight is 457 g/mol. The number of fused-ring (bicyclic) bond motifs is 3. The smallest absolute Gasteiger partial charge is 0.364 e. The van der Waals surface area contributed by atoms with Crippen molar-refractivity contribution in [3.05, 3.63) is 59.8 Å². The molecule has 1 saturated carbocycles. The van der Waals surface area contributed by atoms with Crippen LogP contribution in [0, 0.1) is 12.8 Å². The molecule has 2 bridgehead atoms. The number of nitrogens with one attached hydrogen (secondary N) is 1. The highest BCUT2D eigenvalue weighted by atomic mass is 19.4. The van der Waals surface area contributed by atoms with E-state index in [2.05, 4.69) is 25.5 Å². The van der Waals surface area contributed by atoms with Gasteiger partial charge in [0.2, 0.25) is 0 Å². The summed E-state index contributed by atoms with van der Waals surface area (Å²) in [6, 6.07) is 5.30. The lowest BCUT2D eigenvalue weighted by Gasteiger charge is -2.50. The van der Waals surface area contributed by atoms with Gasteiger partial charge in [-0.2, -0.15) is 28.2 Å². The summed E-state index contributed by atoms with van der Waals surface area (Å²) in [6.45, 7) is 2.55. The van der Waals surface area contributed by atoms with Gasteiger partial charge in [0.25, 0.3) is 5.91 Å². The van der Waals surface area contributed by atoms with Gasteiger partial charge in [-0.15, -0.1) is 0 Å². The molecule has 3 atom stereocenters. The number of para-hydroxylation sites is 1. The highest BCUT2D eigenvalue weighted by molar-refractivity contribution is 5.98. The number of halogens is 3. The zero-order chi connectivity index (χ0) is 23.2. The molecular weight excluding hydrogens is 435 g/mol. The Morgan fingerprint density at radius 2 is 1.91 bits per heavy atom. The number of aromatic nitrogens is 5. The molecule has 2 aromatic heterocycles. The number of carbonyl (C=O) groups is 1. The number of aryl methyl sites for hydroxylation is 1. The minimum atomic E-state index is -4.53. The lowest BCUT2D eigenvalue weighted by atomic mass is 9.76. The molecule has 6 rings (SSSR count). The molecule has 172 valence electrons. The lowest BCUT2D eigenvalue weighted by molar-refractivity contribution is -0.141. The van der Waals surface area contributed by atoms with Crippen LogP contribution in [-0.2, 0) is 6.18 Å². The molecule has 3 aromatic rings. The summed E-state index contributed by atoms with van der Waals surface area (Å²) in [5.41, 5.74) is 1.02. The predicted molar refractivity (Wildman–Crippen MR) is 113 cm³/mol. The minimum Gasteiger partial charge on any atom is -0.364 e. The molecule has 2 saturated heterocycles. The Morgan fingerprint density at radius 1 is 1.12 bits per heavy atom. The number of anilines is 1. The third-order valence-corrected chi connectivity index (χ3v) is 6.40. The van der Waals surface area contributed by atoms with E-state index in [4.69, 9.17) is 0 Å². The van der Waals surface area contributed by atoms with Crippen molar-refractivity contribution in [2.24, 2.45) is 5.92 Å². The maximum atomic E-state index is 13.7. The van der Waals surface area contributed by atoms with E-state index in [9.17, 15) is 18.0 Å². The Kier molecular flexibility index (Phi) is 5.26. The topological polar surface area (TPSA) is 88.8 Å². The fourth-order valence-corrected chi connectivity index (χ4v) is 4.90. The summed E-state index contributed by atoms with van der Waals surface area (Å²) in [5.74, 6) is 0.464. The largest absolute Gasteiger partial charge is 0.434 e. The zero-order valence-electron chi connectivity index (χ0n) is 17.8. The zero-order valence-corrected chi connectivity index (χ0v) is 17.8. The third kappa shape index (κ3) is 4.03. The van der Waals surface area contributed by atoms with Crippen molar-refractivity contribution in [2.75, 3.05) is 11.9 Å². The molecule has 3 fully saturated rings. The Balaban J connectivity index is 1.40. The van der Waals surface area contributed by atoms with Crippen LogP contribution in [-0.4, -0.2) is 54.4 Å². The van der Waals surface area contributed by atoms with E-state index >= 15 is 0 Å². The van der Waals surface area contributed by atoms with Crippen molar-refractivity contribution in [3.8, 4) is 5.69 Å². The Bertz CT molecular complexity index is 1150. The molecule has 33 heavy (non-hydrogen) atoms. The van der Waals surface area contributed by atoms with E-state index in [-0.39, 0.29) is 23.8 Å². The van der Waals surface area contributed by atoms with Crippen molar-refractivity contribution in [3.63, 3.8) is 0 Å². The second-order valence-corrected chi connectivity index (χ2v) is 8.53. The number of benzene rings is 1. The molecule has 1 amide bonds. The maximum Gasteiger partial charge on any atom is 0.434 e. The third-order valence-electron chi connectivity index (χ3n) is 6.40. The van der Waals surface area contributed by atoms with E-state index in [0.717, 1.165) is 37.2 Å². The van der Waals surface area contributed by atoms with Gasteiger partial charge in [-0.3, -0.25) is 4.79 Å². The number of amides is 1. The molecule has 11 heteroatoms. The first-order valence-corrected chi connectivity index (χ1v) is 10.7. The standard InChI is InChI=1S/C22H22F3N7O/c1-13-3-2-4-15(20(13)32-28-7-8-29-32)21(33)31-12-14-5-6-17(31)16(9-14)30-19-11-26-18(10-27-19)22(23,24)25/h2-4,7-8,10-11,14,16-17H,5-6,9,12H2,1H3,(H,27,30)/t14?,16?,17-/m1/s1.